The highest BCUT2D eigenvalue weighted by Crippen LogP contribution is 2.35. The summed E-state index contributed by atoms with van der Waals surface area (Å²) in [5.41, 5.74) is 11.7. The number of hydrogen-bond donors (Lipinski definition) is 2. The van der Waals surface area contributed by atoms with Crippen molar-refractivity contribution in [2.75, 3.05) is 6.26 Å². The van der Waals surface area contributed by atoms with Crippen molar-refractivity contribution in [3.8, 4) is 0 Å². The molecule has 1 aliphatic rings. The summed E-state index contributed by atoms with van der Waals surface area (Å²) in [5.74, 6) is -0.912. The lowest BCUT2D eigenvalue weighted by atomic mass is 10.2. The van der Waals surface area contributed by atoms with Crippen LogP contribution in [0.25, 0.3) is 5.70 Å². The highest BCUT2D eigenvalue weighted by molar-refractivity contribution is 14.2. The molecule has 1 aliphatic heterocycles. The molecule has 1 aromatic rings. The van der Waals surface area contributed by atoms with Gasteiger partial charge in [-0.1, -0.05) is 20.7 Å². The van der Waals surface area contributed by atoms with Gasteiger partial charge in [-0.2, -0.15) is 4.99 Å². The molecule has 2 heterocycles. The predicted octanol–water partition coefficient (Wildman–Crippen LogP) is 0.562. The van der Waals surface area contributed by atoms with E-state index in [1.54, 1.807) is 42.1 Å². The molecule has 9 heteroatoms. The molecule has 0 saturated heterocycles. The summed E-state index contributed by atoms with van der Waals surface area (Å²) in [7, 11) is -3.44. The number of aromatic nitrogens is 1. The maximum Gasteiger partial charge on any atom is 0.286 e. The van der Waals surface area contributed by atoms with Gasteiger partial charge in [0.2, 0.25) is 0 Å². The second-order valence-corrected chi connectivity index (χ2v) is 9.98. The standard InChI is InChI=1S/C13H15IN4O3S/c1-8-7-9(18-5-3-4-6-18)11(22(2,20)21)14-10(8)12(19)17-13(15)16/h3-7H,1-2H3,(H4,15,16,17,19). The number of amides is 1. The summed E-state index contributed by atoms with van der Waals surface area (Å²) in [6.07, 6.45) is 6.34. The average molecular weight is 434 g/mol. The second-order valence-electron chi connectivity index (χ2n) is 4.60. The highest BCUT2D eigenvalue weighted by atomic mass is 127. The minimum atomic E-state index is -3.44. The first-order valence-electron chi connectivity index (χ1n) is 6.12. The minimum absolute atomic E-state index is 0.266. The Bertz CT molecular complexity index is 842. The molecule has 7 nitrogen and oxygen atoms in total. The van der Waals surface area contributed by atoms with E-state index in [2.05, 4.69) is 4.99 Å². The van der Waals surface area contributed by atoms with Gasteiger partial charge >= 0.3 is 0 Å². The number of nitrogens with zero attached hydrogens (tertiary/aromatic N) is 2. The molecule has 1 amide bonds. The van der Waals surface area contributed by atoms with E-state index in [4.69, 9.17) is 11.5 Å². The van der Waals surface area contributed by atoms with Gasteiger partial charge in [-0.25, -0.2) is 8.42 Å². The maximum atomic E-state index is 12.1. The van der Waals surface area contributed by atoms with Gasteiger partial charge < -0.3 is 16.0 Å². The second kappa shape index (κ2) is 6.16. The van der Waals surface area contributed by atoms with Gasteiger partial charge in [0.05, 0.1) is 9.21 Å². The molecule has 0 atom stereocenters. The Morgan fingerprint density at radius 3 is 2.36 bits per heavy atom. The quantitative estimate of drug-likeness (QED) is 0.409. The van der Waals surface area contributed by atoms with Crippen LogP contribution in [0, 0.1) is 0 Å². The van der Waals surface area contributed by atoms with E-state index in [-0.39, 0.29) is 8.87 Å². The average Bonchev–Trinajstić information content (AvgIpc) is 2.89. The van der Waals surface area contributed by atoms with Crippen molar-refractivity contribution in [2.45, 2.75) is 6.92 Å². The molecule has 0 aromatic carbocycles. The SMILES string of the molecule is CC1=CC(n2cccc2)=C(S(C)(=O)=O)I=C1C(=O)N=C(N)N. The molecule has 118 valence electrons. The third kappa shape index (κ3) is 3.53. The zero-order chi connectivity index (χ0) is 16.5. The zero-order valence-electron chi connectivity index (χ0n) is 11.9. The molecule has 0 bridgehead atoms. The van der Waals surface area contributed by atoms with Gasteiger partial charge in [0.25, 0.3) is 5.91 Å². The molecule has 4 N–H and O–H groups in total. The number of carbonyl (C=O) groups is 1. The van der Waals surface area contributed by atoms with Crippen molar-refractivity contribution < 1.29 is 13.2 Å². The fourth-order valence-corrected chi connectivity index (χ4v) is 6.38. The Morgan fingerprint density at radius 2 is 1.86 bits per heavy atom. The van der Waals surface area contributed by atoms with E-state index < -0.39 is 36.5 Å². The Labute approximate surface area is 138 Å². The van der Waals surface area contributed by atoms with E-state index >= 15 is 0 Å². The summed E-state index contributed by atoms with van der Waals surface area (Å²) < 4.78 is 26.6. The Kier molecular flexibility index (Phi) is 4.66. The number of allylic oxidation sites excluding steroid dienone is 2. The van der Waals surface area contributed by atoms with Crippen molar-refractivity contribution in [1.82, 2.24) is 4.57 Å². The highest BCUT2D eigenvalue weighted by Gasteiger charge is 2.25. The molecule has 1 aromatic heterocycles. The van der Waals surface area contributed by atoms with Gasteiger partial charge in [0.1, 0.15) is 2.91 Å². The zero-order valence-corrected chi connectivity index (χ0v) is 14.9. The fraction of sp³-hybridized carbons (Fsp3) is 0.154. The van der Waals surface area contributed by atoms with Crippen molar-refractivity contribution >= 4 is 51.6 Å². The summed E-state index contributed by atoms with van der Waals surface area (Å²) in [6, 6.07) is 3.61. The monoisotopic (exact) mass is 434 g/mol. The summed E-state index contributed by atoms with van der Waals surface area (Å²) >= 11 is -1.21. The van der Waals surface area contributed by atoms with Crippen LogP contribution in [0.1, 0.15) is 6.92 Å². The van der Waals surface area contributed by atoms with Crippen molar-refractivity contribution in [3.63, 3.8) is 0 Å². The van der Waals surface area contributed by atoms with Crippen LogP contribution >= 0.6 is 20.7 Å². The number of carbonyl (C=O) groups excluding carboxylic acids is 1. The van der Waals surface area contributed by atoms with Gasteiger partial charge in [0, 0.05) is 18.6 Å². The largest absolute Gasteiger partial charge is 0.370 e. The van der Waals surface area contributed by atoms with Crippen LogP contribution < -0.4 is 11.5 Å². The van der Waals surface area contributed by atoms with E-state index in [1.807, 2.05) is 0 Å². The first-order chi connectivity index (χ1) is 10.2. The molecule has 22 heavy (non-hydrogen) atoms. The summed E-state index contributed by atoms with van der Waals surface area (Å²) in [4.78, 5) is 15.6. The molecular weight excluding hydrogens is 419 g/mol. The van der Waals surface area contributed by atoms with E-state index in [1.165, 1.54) is 0 Å². The Hall–Kier alpha value is -1.75. The third-order valence-corrected chi connectivity index (χ3v) is 9.38. The molecule has 0 unspecified atom stereocenters. The molecule has 2 rings (SSSR count). The van der Waals surface area contributed by atoms with Crippen LogP contribution in [0.4, 0.5) is 0 Å². The third-order valence-electron chi connectivity index (χ3n) is 2.71. The molecule has 0 aliphatic carbocycles. The molecular formula is C13H15IN4O3S. The number of aliphatic imine (C=N–C) groups is 1. The van der Waals surface area contributed by atoms with Crippen LogP contribution in [0.3, 0.4) is 0 Å². The van der Waals surface area contributed by atoms with Crippen molar-refractivity contribution in [3.05, 3.63) is 39.1 Å². The van der Waals surface area contributed by atoms with Crippen LogP contribution in [-0.2, 0) is 14.6 Å². The first kappa shape index (κ1) is 16.6. The van der Waals surface area contributed by atoms with E-state index in [9.17, 15) is 13.2 Å². The van der Waals surface area contributed by atoms with E-state index in [0.29, 0.717) is 14.8 Å². The maximum absolute atomic E-state index is 12.1. The summed E-state index contributed by atoms with van der Waals surface area (Å²) in [6.45, 7) is 1.75. The Morgan fingerprint density at radius 1 is 1.27 bits per heavy atom. The van der Waals surface area contributed by atoms with Crippen LogP contribution in [0.5, 0.6) is 0 Å². The van der Waals surface area contributed by atoms with Crippen LogP contribution in [0.15, 0.2) is 44.1 Å². The van der Waals surface area contributed by atoms with Gasteiger partial charge in [0.15, 0.2) is 15.8 Å². The van der Waals surface area contributed by atoms with Crippen molar-refractivity contribution in [2.24, 2.45) is 16.5 Å². The predicted molar refractivity (Wildman–Crippen MR) is 96.1 cm³/mol. The number of hydrogen-bond acceptors (Lipinski definition) is 3. The lowest BCUT2D eigenvalue weighted by Crippen LogP contribution is -2.26. The van der Waals surface area contributed by atoms with Gasteiger partial charge in [-0.15, -0.1) is 0 Å². The summed E-state index contributed by atoms with van der Waals surface area (Å²) in [5, 5.41) is 0. The number of guanidine groups is 1. The smallest absolute Gasteiger partial charge is 0.286 e. The molecule has 0 saturated carbocycles. The lowest BCUT2D eigenvalue weighted by Gasteiger charge is -2.16. The fourth-order valence-electron chi connectivity index (χ4n) is 1.84. The van der Waals surface area contributed by atoms with Crippen LogP contribution in [0.2, 0.25) is 0 Å². The van der Waals surface area contributed by atoms with Gasteiger partial charge in [-0.05, 0) is 30.7 Å². The number of rotatable bonds is 3. The topological polar surface area (TPSA) is 121 Å². The Balaban J connectivity index is 2.67. The number of sulfone groups is 1. The number of nitrogens with two attached hydrogens (primary N) is 2. The molecule has 0 fully saturated rings. The normalized spacial score (nSPS) is 15.5. The minimum Gasteiger partial charge on any atom is -0.370 e. The first-order valence-corrected chi connectivity index (χ1v) is 10.2. The molecule has 0 spiro atoms. The number of halogens is 1. The molecule has 0 radical (unpaired) electrons. The lowest BCUT2D eigenvalue weighted by molar-refractivity contribution is -0.111. The van der Waals surface area contributed by atoms with Crippen LogP contribution in [-0.4, -0.2) is 34.6 Å². The van der Waals surface area contributed by atoms with E-state index in [0.717, 1.165) is 6.26 Å². The van der Waals surface area contributed by atoms with Crippen molar-refractivity contribution in [1.29, 1.82) is 0 Å². The van der Waals surface area contributed by atoms with Gasteiger partial charge in [-0.3, -0.25) is 4.79 Å².